The molecule has 0 aromatic heterocycles. The predicted octanol–water partition coefficient (Wildman–Crippen LogP) is 6.86. The number of para-hydroxylation sites is 1. The standard InChI is InChI=1S/C32H47N3O4/c1-10-12-19-35(30(37)27(22(4)11-2)34-31(38)39-32(7,8)9)28(25-20-21(3)17-18-23(25)5)29(36)33-26-16-14-13-15-24(26)6/h13-18,20,22,27-28H,10-12,19H2,1-9H3,(H,33,36)(H,34,38). The summed E-state index contributed by atoms with van der Waals surface area (Å²) in [4.78, 5) is 42.9. The van der Waals surface area contributed by atoms with Crippen molar-refractivity contribution in [2.45, 2.75) is 99.3 Å². The molecular formula is C32H47N3O4. The van der Waals surface area contributed by atoms with Crippen molar-refractivity contribution in [3.8, 4) is 0 Å². The van der Waals surface area contributed by atoms with Gasteiger partial charge in [0.05, 0.1) is 0 Å². The molecule has 0 bridgehead atoms. The fourth-order valence-electron chi connectivity index (χ4n) is 4.41. The number of amides is 3. The number of hydrogen-bond acceptors (Lipinski definition) is 4. The van der Waals surface area contributed by atoms with Crippen molar-refractivity contribution in [1.82, 2.24) is 10.2 Å². The van der Waals surface area contributed by atoms with E-state index in [1.165, 1.54) is 0 Å². The molecule has 0 radical (unpaired) electrons. The average Bonchev–Trinajstić information content (AvgIpc) is 2.86. The lowest BCUT2D eigenvalue weighted by Crippen LogP contribution is -2.55. The van der Waals surface area contributed by atoms with E-state index in [0.717, 1.165) is 28.7 Å². The molecule has 0 heterocycles. The molecule has 0 spiro atoms. The van der Waals surface area contributed by atoms with Gasteiger partial charge < -0.3 is 20.3 Å². The van der Waals surface area contributed by atoms with Gasteiger partial charge in [0.1, 0.15) is 17.7 Å². The maximum absolute atomic E-state index is 14.4. The number of carbonyl (C=O) groups is 3. The van der Waals surface area contributed by atoms with Crippen molar-refractivity contribution in [2.75, 3.05) is 11.9 Å². The number of ether oxygens (including phenoxy) is 1. The highest BCUT2D eigenvalue weighted by molar-refractivity contribution is 5.99. The molecule has 3 atom stereocenters. The fraction of sp³-hybridized carbons (Fsp3) is 0.531. The van der Waals surface area contributed by atoms with E-state index < -0.39 is 23.8 Å². The van der Waals surface area contributed by atoms with Crippen molar-refractivity contribution < 1.29 is 19.1 Å². The Kier molecular flexibility index (Phi) is 11.6. The van der Waals surface area contributed by atoms with Crippen LogP contribution in [0.3, 0.4) is 0 Å². The molecule has 2 N–H and O–H groups in total. The van der Waals surface area contributed by atoms with E-state index in [4.69, 9.17) is 4.74 Å². The Hall–Kier alpha value is -3.35. The van der Waals surface area contributed by atoms with E-state index in [0.29, 0.717) is 25.1 Å². The Labute approximate surface area is 234 Å². The number of nitrogens with zero attached hydrogens (tertiary/aromatic N) is 1. The summed E-state index contributed by atoms with van der Waals surface area (Å²) in [7, 11) is 0. The van der Waals surface area contributed by atoms with Gasteiger partial charge in [-0.2, -0.15) is 0 Å². The Morgan fingerprint density at radius 2 is 1.64 bits per heavy atom. The molecule has 0 aliphatic rings. The smallest absolute Gasteiger partial charge is 0.408 e. The van der Waals surface area contributed by atoms with Crippen LogP contribution in [0.2, 0.25) is 0 Å². The Bertz CT molecular complexity index is 1140. The maximum atomic E-state index is 14.4. The van der Waals surface area contributed by atoms with E-state index in [1.807, 2.05) is 84.0 Å². The van der Waals surface area contributed by atoms with Crippen molar-refractivity contribution in [3.63, 3.8) is 0 Å². The molecule has 2 rings (SSSR count). The molecule has 2 aromatic rings. The summed E-state index contributed by atoms with van der Waals surface area (Å²) in [6.45, 7) is 17.5. The highest BCUT2D eigenvalue weighted by Gasteiger charge is 2.38. The second-order valence-electron chi connectivity index (χ2n) is 11.5. The summed E-state index contributed by atoms with van der Waals surface area (Å²) < 4.78 is 5.49. The van der Waals surface area contributed by atoms with Crippen LogP contribution in [0.4, 0.5) is 10.5 Å². The minimum absolute atomic E-state index is 0.173. The first-order valence-electron chi connectivity index (χ1n) is 14.0. The summed E-state index contributed by atoms with van der Waals surface area (Å²) >= 11 is 0. The second-order valence-corrected chi connectivity index (χ2v) is 11.5. The van der Waals surface area contributed by atoms with Crippen LogP contribution in [-0.4, -0.2) is 41.0 Å². The fourth-order valence-corrected chi connectivity index (χ4v) is 4.41. The van der Waals surface area contributed by atoms with Crippen LogP contribution in [0.1, 0.15) is 89.1 Å². The Morgan fingerprint density at radius 3 is 2.23 bits per heavy atom. The zero-order valence-corrected chi connectivity index (χ0v) is 25.2. The number of rotatable bonds is 11. The molecule has 0 saturated carbocycles. The van der Waals surface area contributed by atoms with Crippen LogP contribution in [0.25, 0.3) is 0 Å². The average molecular weight is 538 g/mol. The van der Waals surface area contributed by atoms with E-state index in [1.54, 1.807) is 25.7 Å². The third-order valence-electron chi connectivity index (χ3n) is 6.88. The van der Waals surface area contributed by atoms with Crippen molar-refractivity contribution in [1.29, 1.82) is 0 Å². The minimum Gasteiger partial charge on any atom is -0.444 e. The number of nitrogens with one attached hydrogen (secondary N) is 2. The molecule has 3 unspecified atom stereocenters. The Morgan fingerprint density at radius 1 is 0.974 bits per heavy atom. The lowest BCUT2D eigenvalue weighted by molar-refractivity contribution is -0.142. The van der Waals surface area contributed by atoms with Gasteiger partial charge in [-0.25, -0.2) is 4.79 Å². The van der Waals surface area contributed by atoms with Crippen molar-refractivity contribution in [3.05, 3.63) is 64.7 Å². The van der Waals surface area contributed by atoms with Gasteiger partial charge in [0.2, 0.25) is 5.91 Å². The van der Waals surface area contributed by atoms with E-state index in [2.05, 4.69) is 10.6 Å². The first-order chi connectivity index (χ1) is 18.3. The topological polar surface area (TPSA) is 87.7 Å². The quantitative estimate of drug-likeness (QED) is 0.328. The van der Waals surface area contributed by atoms with Crippen LogP contribution in [0.15, 0.2) is 42.5 Å². The van der Waals surface area contributed by atoms with E-state index in [-0.39, 0.29) is 17.7 Å². The van der Waals surface area contributed by atoms with E-state index in [9.17, 15) is 14.4 Å². The third kappa shape index (κ3) is 9.12. The second kappa shape index (κ2) is 14.2. The van der Waals surface area contributed by atoms with Crippen LogP contribution in [-0.2, 0) is 14.3 Å². The molecule has 7 nitrogen and oxygen atoms in total. The Balaban J connectivity index is 2.61. The summed E-state index contributed by atoms with van der Waals surface area (Å²) in [6, 6.07) is 11.8. The molecule has 39 heavy (non-hydrogen) atoms. The zero-order valence-electron chi connectivity index (χ0n) is 25.2. The summed E-state index contributed by atoms with van der Waals surface area (Å²) in [5.41, 5.74) is 3.61. The van der Waals surface area contributed by atoms with Crippen LogP contribution in [0, 0.1) is 26.7 Å². The zero-order chi connectivity index (χ0) is 29.3. The summed E-state index contributed by atoms with van der Waals surface area (Å²) in [5, 5.41) is 5.90. The number of unbranched alkanes of at least 4 members (excludes halogenated alkanes) is 1. The number of hydrogen-bond donors (Lipinski definition) is 2. The molecule has 214 valence electrons. The lowest BCUT2D eigenvalue weighted by Gasteiger charge is -2.36. The number of aryl methyl sites for hydroxylation is 3. The van der Waals surface area contributed by atoms with Crippen LogP contribution in [0.5, 0.6) is 0 Å². The van der Waals surface area contributed by atoms with Crippen LogP contribution < -0.4 is 10.6 Å². The first-order valence-corrected chi connectivity index (χ1v) is 14.0. The summed E-state index contributed by atoms with van der Waals surface area (Å²) in [6.07, 6.45) is 1.57. The lowest BCUT2D eigenvalue weighted by atomic mass is 9.93. The largest absolute Gasteiger partial charge is 0.444 e. The number of carbonyl (C=O) groups excluding carboxylic acids is 3. The van der Waals surface area contributed by atoms with Gasteiger partial charge in [-0.3, -0.25) is 9.59 Å². The molecule has 7 heteroatoms. The maximum Gasteiger partial charge on any atom is 0.408 e. The number of benzene rings is 2. The van der Waals surface area contributed by atoms with Gasteiger partial charge in [-0.1, -0.05) is 75.6 Å². The molecular weight excluding hydrogens is 490 g/mol. The molecule has 0 saturated heterocycles. The van der Waals surface area contributed by atoms with Crippen LogP contribution >= 0.6 is 0 Å². The minimum atomic E-state index is -0.879. The molecule has 0 fully saturated rings. The predicted molar refractivity (Wildman–Crippen MR) is 158 cm³/mol. The van der Waals surface area contributed by atoms with Crippen molar-refractivity contribution in [2.24, 2.45) is 5.92 Å². The third-order valence-corrected chi connectivity index (χ3v) is 6.88. The van der Waals surface area contributed by atoms with Crippen molar-refractivity contribution >= 4 is 23.6 Å². The number of alkyl carbamates (subject to hydrolysis) is 1. The highest BCUT2D eigenvalue weighted by Crippen LogP contribution is 2.30. The number of anilines is 1. The van der Waals surface area contributed by atoms with Gasteiger partial charge in [-0.15, -0.1) is 0 Å². The molecule has 0 aliphatic carbocycles. The highest BCUT2D eigenvalue weighted by atomic mass is 16.6. The summed E-state index contributed by atoms with van der Waals surface area (Å²) in [5.74, 6) is -0.759. The van der Waals surface area contributed by atoms with Gasteiger partial charge in [0.15, 0.2) is 0 Å². The molecule has 0 aliphatic heterocycles. The van der Waals surface area contributed by atoms with Gasteiger partial charge in [-0.05, 0) is 76.6 Å². The van der Waals surface area contributed by atoms with Gasteiger partial charge >= 0.3 is 6.09 Å². The van der Waals surface area contributed by atoms with E-state index >= 15 is 0 Å². The van der Waals surface area contributed by atoms with Gasteiger partial charge in [0.25, 0.3) is 5.91 Å². The van der Waals surface area contributed by atoms with Gasteiger partial charge in [0, 0.05) is 12.2 Å². The SMILES string of the molecule is CCCCN(C(=O)C(NC(=O)OC(C)(C)C)C(C)CC)C(C(=O)Nc1ccccc1C)c1cc(C)ccc1C. The molecule has 3 amide bonds. The monoisotopic (exact) mass is 537 g/mol. The first kappa shape index (κ1) is 31.9. The normalized spacial score (nSPS) is 13.7. The molecule has 2 aromatic carbocycles.